The van der Waals surface area contributed by atoms with Gasteiger partial charge in [-0.3, -0.25) is 4.79 Å². The lowest BCUT2D eigenvalue weighted by Crippen LogP contribution is -2.59. The summed E-state index contributed by atoms with van der Waals surface area (Å²) in [5, 5.41) is 14.0. The van der Waals surface area contributed by atoms with Crippen molar-refractivity contribution < 1.29 is 14.6 Å². The molecule has 1 aliphatic heterocycles. The number of hydrogen-bond donors (Lipinski definition) is 2. The van der Waals surface area contributed by atoms with E-state index in [-0.39, 0.29) is 11.3 Å². The van der Waals surface area contributed by atoms with Gasteiger partial charge in [0, 0.05) is 24.5 Å². The van der Waals surface area contributed by atoms with Crippen LogP contribution in [0.5, 0.6) is 0 Å². The van der Waals surface area contributed by atoms with Crippen LogP contribution in [0.2, 0.25) is 0 Å². The van der Waals surface area contributed by atoms with Crippen molar-refractivity contribution in [3.8, 4) is 0 Å². The Bertz CT molecular complexity index is 682. The van der Waals surface area contributed by atoms with E-state index < -0.39 is 5.60 Å². The monoisotopic (exact) mass is 356 g/mol. The second-order valence-corrected chi connectivity index (χ2v) is 9.07. The first-order valence-corrected chi connectivity index (χ1v) is 10.0. The molecule has 5 fully saturated rings. The van der Waals surface area contributed by atoms with Crippen LogP contribution in [-0.2, 0) is 9.53 Å². The van der Waals surface area contributed by atoms with Gasteiger partial charge in [-0.2, -0.15) is 0 Å². The van der Waals surface area contributed by atoms with Crippen LogP contribution in [0.25, 0.3) is 0 Å². The molecule has 1 aromatic rings. The predicted molar refractivity (Wildman–Crippen MR) is 100 cm³/mol. The van der Waals surface area contributed by atoms with E-state index in [1.807, 2.05) is 12.1 Å². The first kappa shape index (κ1) is 16.6. The molecule has 5 nitrogen and oxygen atoms in total. The minimum atomic E-state index is -0.596. The lowest BCUT2D eigenvalue weighted by atomic mass is 9.47. The van der Waals surface area contributed by atoms with Crippen molar-refractivity contribution in [3.05, 3.63) is 24.3 Å². The first-order chi connectivity index (χ1) is 12.5. The molecule has 4 saturated carbocycles. The Kier molecular flexibility index (Phi) is 3.80. The molecule has 1 saturated heterocycles. The van der Waals surface area contributed by atoms with Crippen LogP contribution in [0.15, 0.2) is 24.3 Å². The second-order valence-electron chi connectivity index (χ2n) is 9.07. The maximum Gasteiger partial charge on any atom is 0.230 e. The van der Waals surface area contributed by atoms with Crippen molar-refractivity contribution in [3.63, 3.8) is 0 Å². The Hall–Kier alpha value is -1.59. The first-order valence-electron chi connectivity index (χ1n) is 10.0. The van der Waals surface area contributed by atoms with Gasteiger partial charge in [0.15, 0.2) is 0 Å². The molecule has 1 aromatic carbocycles. The molecule has 1 heterocycles. The number of morpholine rings is 1. The molecular formula is C21H28N2O3. The molecule has 0 aromatic heterocycles. The molecule has 26 heavy (non-hydrogen) atoms. The summed E-state index contributed by atoms with van der Waals surface area (Å²) in [5.74, 6) is 1.16. The lowest BCUT2D eigenvalue weighted by Gasteiger charge is -2.59. The third-order valence-electron chi connectivity index (χ3n) is 7.01. The summed E-state index contributed by atoms with van der Waals surface area (Å²) < 4.78 is 5.40. The molecule has 6 rings (SSSR count). The molecule has 0 radical (unpaired) electrons. The number of benzene rings is 1. The number of nitrogens with zero attached hydrogens (tertiary/aromatic N) is 1. The topological polar surface area (TPSA) is 61.8 Å². The highest BCUT2D eigenvalue weighted by molar-refractivity contribution is 5.96. The molecular weight excluding hydrogens is 328 g/mol. The van der Waals surface area contributed by atoms with Crippen LogP contribution in [0.4, 0.5) is 11.4 Å². The van der Waals surface area contributed by atoms with E-state index in [0.717, 1.165) is 57.7 Å². The summed E-state index contributed by atoms with van der Waals surface area (Å²) >= 11 is 0. The van der Waals surface area contributed by atoms with Crippen molar-refractivity contribution in [2.24, 2.45) is 17.3 Å². The Morgan fingerprint density at radius 3 is 2.35 bits per heavy atom. The molecule has 5 aliphatic rings. The number of carbonyl (C=O) groups excluding carboxylic acids is 1. The number of hydrogen-bond acceptors (Lipinski definition) is 4. The molecule has 4 aliphatic carbocycles. The highest BCUT2D eigenvalue weighted by Gasteiger charge is 2.60. The lowest BCUT2D eigenvalue weighted by molar-refractivity contribution is -0.174. The Balaban J connectivity index is 1.30. The Morgan fingerprint density at radius 2 is 1.73 bits per heavy atom. The van der Waals surface area contributed by atoms with E-state index in [1.165, 1.54) is 12.1 Å². The SMILES string of the molecule is O=C(Nc1ccc(N2CCOCC2)cc1)C12C[C@@H]3C[C@@H](CC(O)(C3)C1)C2. The van der Waals surface area contributed by atoms with E-state index in [1.54, 1.807) is 0 Å². The molecule has 2 N–H and O–H groups in total. The van der Waals surface area contributed by atoms with Gasteiger partial charge in [0.05, 0.1) is 24.2 Å². The van der Waals surface area contributed by atoms with Gasteiger partial charge in [-0.25, -0.2) is 0 Å². The van der Waals surface area contributed by atoms with Crippen LogP contribution in [0, 0.1) is 17.3 Å². The number of ether oxygens (including phenoxy) is 1. The summed E-state index contributed by atoms with van der Waals surface area (Å²) in [6.07, 6.45) is 5.53. The molecule has 4 bridgehead atoms. The number of anilines is 2. The number of amides is 1. The molecule has 140 valence electrons. The summed E-state index contributed by atoms with van der Waals surface area (Å²) in [5.41, 5.74) is 1.08. The largest absolute Gasteiger partial charge is 0.390 e. The second kappa shape index (κ2) is 5.96. The number of nitrogens with one attached hydrogen (secondary N) is 1. The fourth-order valence-corrected chi connectivity index (χ4v) is 6.32. The molecule has 1 amide bonds. The van der Waals surface area contributed by atoms with Crippen molar-refractivity contribution in [1.29, 1.82) is 0 Å². The highest BCUT2D eigenvalue weighted by atomic mass is 16.5. The zero-order valence-electron chi connectivity index (χ0n) is 15.2. The quantitative estimate of drug-likeness (QED) is 0.874. The van der Waals surface area contributed by atoms with Crippen LogP contribution in [-0.4, -0.2) is 42.9 Å². The van der Waals surface area contributed by atoms with E-state index in [0.29, 0.717) is 18.3 Å². The van der Waals surface area contributed by atoms with E-state index in [9.17, 15) is 9.90 Å². The molecule has 2 unspecified atom stereocenters. The maximum atomic E-state index is 13.1. The average molecular weight is 356 g/mol. The Morgan fingerprint density at radius 1 is 1.08 bits per heavy atom. The zero-order chi connectivity index (χ0) is 17.8. The third-order valence-corrected chi connectivity index (χ3v) is 7.01. The van der Waals surface area contributed by atoms with E-state index >= 15 is 0 Å². The van der Waals surface area contributed by atoms with Crippen LogP contribution in [0.3, 0.4) is 0 Å². The van der Waals surface area contributed by atoms with Crippen LogP contribution < -0.4 is 10.2 Å². The minimum absolute atomic E-state index is 0.115. The van der Waals surface area contributed by atoms with E-state index in [2.05, 4.69) is 22.3 Å². The van der Waals surface area contributed by atoms with Gasteiger partial charge in [0.1, 0.15) is 0 Å². The Labute approximate surface area is 154 Å². The van der Waals surface area contributed by atoms with Crippen molar-refractivity contribution in [1.82, 2.24) is 0 Å². The van der Waals surface area contributed by atoms with Crippen LogP contribution in [0.1, 0.15) is 38.5 Å². The van der Waals surface area contributed by atoms with Gasteiger partial charge in [0.25, 0.3) is 0 Å². The van der Waals surface area contributed by atoms with Gasteiger partial charge in [-0.15, -0.1) is 0 Å². The number of carbonyl (C=O) groups is 1. The number of rotatable bonds is 3. The zero-order valence-corrected chi connectivity index (χ0v) is 15.2. The third kappa shape index (κ3) is 2.81. The standard InChI is InChI=1S/C21H28N2O3/c24-19(20-10-15-9-16(11-20)13-21(25,12-15)14-20)22-17-1-3-18(4-2-17)23-5-7-26-8-6-23/h1-4,15-16,25H,5-14H2,(H,22,24)/t15-,16+,20?,21?. The van der Waals surface area contributed by atoms with Gasteiger partial charge in [-0.1, -0.05) is 0 Å². The van der Waals surface area contributed by atoms with Gasteiger partial charge >= 0.3 is 0 Å². The summed E-state index contributed by atoms with van der Waals surface area (Å²) in [6, 6.07) is 8.15. The number of aliphatic hydroxyl groups is 1. The minimum Gasteiger partial charge on any atom is -0.390 e. The van der Waals surface area contributed by atoms with Gasteiger partial charge in [-0.05, 0) is 74.6 Å². The molecule has 4 atom stereocenters. The van der Waals surface area contributed by atoms with Crippen molar-refractivity contribution in [2.75, 3.05) is 36.5 Å². The summed E-state index contributed by atoms with van der Waals surface area (Å²) in [6.45, 7) is 3.37. The highest BCUT2D eigenvalue weighted by Crippen LogP contribution is 2.61. The smallest absolute Gasteiger partial charge is 0.230 e. The van der Waals surface area contributed by atoms with Crippen molar-refractivity contribution in [2.45, 2.75) is 44.1 Å². The molecule has 5 heteroatoms. The van der Waals surface area contributed by atoms with Gasteiger partial charge < -0.3 is 20.1 Å². The van der Waals surface area contributed by atoms with Gasteiger partial charge in [0.2, 0.25) is 5.91 Å². The summed E-state index contributed by atoms with van der Waals surface area (Å²) in [4.78, 5) is 15.5. The maximum absolute atomic E-state index is 13.1. The fraction of sp³-hybridized carbons (Fsp3) is 0.667. The fourth-order valence-electron chi connectivity index (χ4n) is 6.32. The average Bonchev–Trinajstić information content (AvgIpc) is 2.61. The predicted octanol–water partition coefficient (Wildman–Crippen LogP) is 2.79. The van der Waals surface area contributed by atoms with Crippen molar-refractivity contribution >= 4 is 17.3 Å². The molecule has 0 spiro atoms. The van der Waals surface area contributed by atoms with Crippen LogP contribution >= 0.6 is 0 Å². The normalized spacial score (nSPS) is 38.4. The summed E-state index contributed by atoms with van der Waals surface area (Å²) in [7, 11) is 0. The van der Waals surface area contributed by atoms with E-state index in [4.69, 9.17) is 4.74 Å².